The number of thiophene rings is 1. The Kier molecular flexibility index (Phi) is 13.3. The third-order valence-electron chi connectivity index (χ3n) is 20.5. The second-order valence-corrected chi connectivity index (χ2v) is 28.0. The third kappa shape index (κ3) is 9.40. The number of para-hydroxylation sites is 1. The molecule has 0 saturated heterocycles. The second-order valence-electron chi connectivity index (χ2n) is 27.0. The van der Waals surface area contributed by atoms with Gasteiger partial charge in [0.15, 0.2) is 29.1 Å². The standard InChI is InChI=1S/C48H34N4.C42H28N4S/c1-48(2)41-24-13-12-23-37(41)39-29-40-38-26-25-34(31-15-6-3-7-16-31)28-43(38)52(44(40)30-42(39)48)36-22-14-21-35(27-36)47-50-45(32-17-8-4-9-18-32)49-46(51-47)33-19-10-5-11-20-33;1-42(2)33-20-9-6-15-26(33)31-23-32-27-16-7-10-21-35(27)46(36(32)24-34(31)42)41-44-39(25-13-4-3-5-14-25)43-40(45-41)30-19-12-18-29-28-17-8-11-22-37(28)47-38(29)30/h3-30H,1-2H3;3-24H,1-2H3. The quantitative estimate of drug-likeness (QED) is 0.151. The van der Waals surface area contributed by atoms with Crippen LogP contribution in [0, 0.1) is 0 Å². The third-order valence-corrected chi connectivity index (χ3v) is 21.7. The predicted molar refractivity (Wildman–Crippen MR) is 409 cm³/mol. The van der Waals surface area contributed by atoms with E-state index in [0.717, 1.165) is 50.1 Å². The maximum atomic E-state index is 5.31. The van der Waals surface area contributed by atoms with Crippen LogP contribution in [-0.4, -0.2) is 39.0 Å². The van der Waals surface area contributed by atoms with Crippen molar-refractivity contribution in [3.63, 3.8) is 0 Å². The van der Waals surface area contributed by atoms with E-state index in [0.29, 0.717) is 35.1 Å². The van der Waals surface area contributed by atoms with Crippen LogP contribution in [-0.2, 0) is 10.8 Å². The Hall–Kier alpha value is -12.3. The molecule has 0 unspecified atom stereocenters. The smallest absolute Gasteiger partial charge is 0.238 e. The van der Waals surface area contributed by atoms with Gasteiger partial charge in [0.25, 0.3) is 0 Å². The zero-order chi connectivity index (χ0) is 66.1. The summed E-state index contributed by atoms with van der Waals surface area (Å²) in [7, 11) is 0. The molecule has 468 valence electrons. The topological polar surface area (TPSA) is 87.2 Å². The monoisotopic (exact) mass is 1290 g/mol. The molecule has 2 aliphatic rings. The van der Waals surface area contributed by atoms with Crippen molar-refractivity contribution in [3.05, 3.63) is 326 Å². The van der Waals surface area contributed by atoms with Gasteiger partial charge in [-0.2, -0.15) is 9.97 Å². The van der Waals surface area contributed by atoms with Crippen molar-refractivity contribution < 1.29 is 0 Å². The van der Waals surface area contributed by atoms with E-state index in [1.54, 1.807) is 11.3 Å². The minimum Gasteiger partial charge on any atom is -0.309 e. The molecule has 0 amide bonds. The molecule has 0 aliphatic heterocycles. The van der Waals surface area contributed by atoms with Crippen LogP contribution < -0.4 is 0 Å². The molecular formula is C90H62N8S. The molecule has 20 rings (SSSR count). The van der Waals surface area contributed by atoms with Gasteiger partial charge >= 0.3 is 0 Å². The predicted octanol–water partition coefficient (Wildman–Crippen LogP) is 22.9. The molecule has 18 aromatic rings. The fraction of sp³-hybridized carbons (Fsp3) is 0.0667. The van der Waals surface area contributed by atoms with Gasteiger partial charge in [-0.15, -0.1) is 11.3 Å². The first-order chi connectivity index (χ1) is 48.6. The van der Waals surface area contributed by atoms with E-state index in [2.05, 4.69) is 261 Å². The van der Waals surface area contributed by atoms with Crippen molar-refractivity contribution in [2.45, 2.75) is 38.5 Å². The average molecular weight is 1290 g/mol. The van der Waals surface area contributed by atoms with Gasteiger partial charge in [-0.1, -0.05) is 270 Å². The molecule has 5 heterocycles. The van der Waals surface area contributed by atoms with Gasteiger partial charge in [-0.25, -0.2) is 19.9 Å². The molecule has 0 saturated carbocycles. The molecule has 8 nitrogen and oxygen atoms in total. The summed E-state index contributed by atoms with van der Waals surface area (Å²) in [4.78, 5) is 30.7. The van der Waals surface area contributed by atoms with Gasteiger partial charge in [0.05, 0.1) is 22.1 Å². The number of fused-ring (bicyclic) bond motifs is 15. The number of aromatic nitrogens is 8. The lowest BCUT2D eigenvalue weighted by molar-refractivity contribution is 0.661. The zero-order valence-electron chi connectivity index (χ0n) is 54.9. The molecule has 0 N–H and O–H groups in total. The summed E-state index contributed by atoms with van der Waals surface area (Å²) >= 11 is 1.79. The van der Waals surface area contributed by atoms with E-state index >= 15 is 0 Å². The molecule has 2 aliphatic carbocycles. The normalized spacial score (nSPS) is 13.2. The van der Waals surface area contributed by atoms with Gasteiger partial charge < -0.3 is 4.57 Å². The summed E-state index contributed by atoms with van der Waals surface area (Å²) in [5, 5.41) is 7.32. The van der Waals surface area contributed by atoms with Crippen LogP contribution in [0.2, 0.25) is 0 Å². The molecule has 0 bridgehead atoms. The number of benzene rings is 13. The van der Waals surface area contributed by atoms with E-state index in [1.165, 1.54) is 103 Å². The lowest BCUT2D eigenvalue weighted by atomic mass is 9.82. The first-order valence-corrected chi connectivity index (χ1v) is 34.6. The van der Waals surface area contributed by atoms with Crippen molar-refractivity contribution in [2.24, 2.45) is 0 Å². The fourth-order valence-electron chi connectivity index (χ4n) is 15.6. The maximum absolute atomic E-state index is 5.31. The van der Waals surface area contributed by atoms with Gasteiger partial charge in [0.2, 0.25) is 5.95 Å². The minimum absolute atomic E-state index is 0.120. The van der Waals surface area contributed by atoms with E-state index in [1.807, 2.05) is 78.9 Å². The Labute approximate surface area is 576 Å². The Morgan fingerprint density at radius 3 is 1.30 bits per heavy atom. The summed E-state index contributed by atoms with van der Waals surface area (Å²) in [6, 6.07) is 108. The van der Waals surface area contributed by atoms with E-state index in [-0.39, 0.29) is 10.8 Å². The highest BCUT2D eigenvalue weighted by Gasteiger charge is 2.38. The first-order valence-electron chi connectivity index (χ1n) is 33.7. The van der Waals surface area contributed by atoms with Gasteiger partial charge in [-0.3, -0.25) is 4.57 Å². The summed E-state index contributed by atoms with van der Waals surface area (Å²) in [6.45, 7) is 9.35. The van der Waals surface area contributed by atoms with Crippen molar-refractivity contribution in [2.75, 3.05) is 0 Å². The van der Waals surface area contributed by atoms with Crippen molar-refractivity contribution >= 4 is 75.1 Å². The van der Waals surface area contributed by atoms with Gasteiger partial charge in [0, 0.05) is 86.1 Å². The highest BCUT2D eigenvalue weighted by molar-refractivity contribution is 7.26. The molecule has 0 fully saturated rings. The zero-order valence-corrected chi connectivity index (χ0v) is 55.7. The molecule has 5 aromatic heterocycles. The lowest BCUT2D eigenvalue weighted by Crippen LogP contribution is -2.15. The van der Waals surface area contributed by atoms with Crippen LogP contribution in [0.4, 0.5) is 0 Å². The number of nitrogens with zero attached hydrogens (tertiary/aromatic N) is 8. The highest BCUT2D eigenvalue weighted by Crippen LogP contribution is 2.53. The van der Waals surface area contributed by atoms with E-state index < -0.39 is 0 Å². The number of hydrogen-bond acceptors (Lipinski definition) is 7. The number of hydrogen-bond donors (Lipinski definition) is 0. The van der Waals surface area contributed by atoms with Crippen molar-refractivity contribution in [1.82, 2.24) is 39.0 Å². The highest BCUT2D eigenvalue weighted by atomic mass is 32.1. The van der Waals surface area contributed by atoms with Crippen molar-refractivity contribution in [3.8, 4) is 102 Å². The SMILES string of the molecule is CC1(C)c2ccccc2-c2cc3c4ccc(-c5ccccc5)cc4n(-c4cccc(-c5nc(-c6ccccc6)nc(-c6ccccc6)n5)c4)c3cc21.CC1(C)c2ccccc2-c2cc3c4ccccc4n(-c4nc(-c5ccccc5)nc(-c5cccc6c5sc5ccccc56)n4)c3cc21. The van der Waals surface area contributed by atoms with Crippen LogP contribution in [0.25, 0.3) is 166 Å². The Bertz CT molecular complexity index is 6230. The molecule has 0 spiro atoms. The summed E-state index contributed by atoms with van der Waals surface area (Å²) < 4.78 is 7.11. The van der Waals surface area contributed by atoms with Crippen molar-refractivity contribution in [1.29, 1.82) is 0 Å². The van der Waals surface area contributed by atoms with Gasteiger partial charge in [0.1, 0.15) is 0 Å². The largest absolute Gasteiger partial charge is 0.309 e. The summed E-state index contributed by atoms with van der Waals surface area (Å²) in [6.07, 6.45) is 0. The van der Waals surface area contributed by atoms with E-state index in [4.69, 9.17) is 29.9 Å². The molecule has 0 atom stereocenters. The van der Waals surface area contributed by atoms with Crippen LogP contribution in [0.15, 0.2) is 303 Å². The average Bonchev–Trinajstić information content (AvgIpc) is 1.56. The Morgan fingerprint density at radius 2 is 0.687 bits per heavy atom. The summed E-state index contributed by atoms with van der Waals surface area (Å²) in [5.74, 6) is 3.88. The first kappa shape index (κ1) is 58.1. The Morgan fingerprint density at radius 1 is 0.253 bits per heavy atom. The molecular weight excluding hydrogens is 1230 g/mol. The van der Waals surface area contributed by atoms with Gasteiger partial charge in [-0.05, 0) is 116 Å². The van der Waals surface area contributed by atoms with Crippen LogP contribution >= 0.6 is 11.3 Å². The Balaban J connectivity index is 0.000000139. The molecule has 99 heavy (non-hydrogen) atoms. The minimum atomic E-state index is -0.127. The summed E-state index contributed by atoms with van der Waals surface area (Å²) in [5.41, 5.74) is 23.2. The van der Waals surface area contributed by atoms with Crippen LogP contribution in [0.1, 0.15) is 49.9 Å². The molecule has 9 heteroatoms. The second kappa shape index (κ2) is 22.7. The van der Waals surface area contributed by atoms with E-state index in [9.17, 15) is 0 Å². The molecule has 0 radical (unpaired) electrons. The molecule has 13 aromatic carbocycles. The van der Waals surface area contributed by atoms with Crippen LogP contribution in [0.5, 0.6) is 0 Å². The fourth-order valence-corrected chi connectivity index (χ4v) is 16.8. The lowest BCUT2D eigenvalue weighted by Gasteiger charge is -2.21. The maximum Gasteiger partial charge on any atom is 0.238 e. The number of rotatable bonds is 8. The van der Waals surface area contributed by atoms with Crippen LogP contribution in [0.3, 0.4) is 0 Å².